The molecule has 1 saturated heterocycles. The molecule has 1 amide bonds. The van der Waals surface area contributed by atoms with Gasteiger partial charge in [-0.15, -0.1) is 0 Å². The third-order valence-corrected chi connectivity index (χ3v) is 5.86. The Balaban J connectivity index is 1.87. The van der Waals surface area contributed by atoms with Gasteiger partial charge in [-0.2, -0.15) is 0 Å². The highest BCUT2D eigenvalue weighted by molar-refractivity contribution is 6.07. The van der Waals surface area contributed by atoms with Crippen molar-refractivity contribution in [2.24, 2.45) is 11.7 Å². The molecule has 1 fully saturated rings. The summed E-state index contributed by atoms with van der Waals surface area (Å²) in [6.07, 6.45) is 1.75. The van der Waals surface area contributed by atoms with Crippen LogP contribution in [0.5, 0.6) is 0 Å². The van der Waals surface area contributed by atoms with Crippen LogP contribution in [0.25, 0.3) is 22.0 Å². The fraction of sp³-hybridized carbons (Fsp3) is 0.292. The summed E-state index contributed by atoms with van der Waals surface area (Å²) >= 11 is 0. The van der Waals surface area contributed by atoms with Crippen LogP contribution in [0.3, 0.4) is 0 Å². The second-order valence-electron chi connectivity index (χ2n) is 7.81. The first kappa shape index (κ1) is 20.0. The summed E-state index contributed by atoms with van der Waals surface area (Å²) in [7, 11) is 1.40. The Bertz CT molecular complexity index is 1080. The van der Waals surface area contributed by atoms with Crippen LogP contribution in [0, 0.1) is 5.92 Å². The fourth-order valence-corrected chi connectivity index (χ4v) is 4.41. The summed E-state index contributed by atoms with van der Waals surface area (Å²) in [6, 6.07) is 17.7. The lowest BCUT2D eigenvalue weighted by Gasteiger charge is -2.28. The number of nitrogens with one attached hydrogen (secondary N) is 1. The largest absolute Gasteiger partial charge is 0.465 e. The van der Waals surface area contributed by atoms with Crippen molar-refractivity contribution in [1.82, 2.24) is 4.98 Å². The normalized spacial score (nSPS) is 18.8. The van der Waals surface area contributed by atoms with E-state index in [-0.39, 0.29) is 11.8 Å². The number of rotatable bonds is 5. The zero-order valence-electron chi connectivity index (χ0n) is 17.1. The topological polar surface area (TPSA) is 86.7 Å². The van der Waals surface area contributed by atoms with Crippen LogP contribution in [-0.2, 0) is 16.1 Å². The van der Waals surface area contributed by atoms with E-state index in [1.807, 2.05) is 54.6 Å². The van der Waals surface area contributed by atoms with Crippen LogP contribution in [0.4, 0.5) is 0 Å². The van der Waals surface area contributed by atoms with Gasteiger partial charge in [0.1, 0.15) is 12.2 Å². The van der Waals surface area contributed by atoms with E-state index in [0.717, 1.165) is 41.4 Å². The molecule has 2 heterocycles. The van der Waals surface area contributed by atoms with Crippen LogP contribution >= 0.6 is 0 Å². The lowest BCUT2D eigenvalue weighted by Crippen LogP contribution is -3.12. The van der Waals surface area contributed by atoms with E-state index >= 15 is 0 Å². The number of methoxy groups -OCH3 is 1. The molecule has 6 heteroatoms. The number of benzene rings is 2. The molecular formula is C24H26N3O3+. The number of hydrogen-bond donors (Lipinski definition) is 2. The van der Waals surface area contributed by atoms with Crippen molar-refractivity contribution in [3.63, 3.8) is 0 Å². The molecule has 2 atom stereocenters. The van der Waals surface area contributed by atoms with E-state index in [4.69, 9.17) is 15.5 Å². The number of amides is 1. The number of ether oxygens (including phenoxy) is 1. The highest BCUT2D eigenvalue weighted by Crippen LogP contribution is 2.33. The minimum Gasteiger partial charge on any atom is -0.465 e. The molecule has 30 heavy (non-hydrogen) atoms. The summed E-state index contributed by atoms with van der Waals surface area (Å²) in [4.78, 5) is 30.7. The van der Waals surface area contributed by atoms with Gasteiger partial charge in [-0.3, -0.25) is 4.79 Å². The number of pyridine rings is 1. The Morgan fingerprint density at radius 3 is 2.60 bits per heavy atom. The highest BCUT2D eigenvalue weighted by atomic mass is 16.5. The number of para-hydroxylation sites is 1. The molecule has 1 aromatic heterocycles. The van der Waals surface area contributed by atoms with Crippen molar-refractivity contribution in [3.05, 3.63) is 65.9 Å². The molecule has 1 aliphatic heterocycles. The Labute approximate surface area is 175 Å². The minimum atomic E-state index is -0.398. The first-order valence-electron chi connectivity index (χ1n) is 10.3. The second-order valence-corrected chi connectivity index (χ2v) is 7.81. The number of likely N-dealkylation sites (tertiary alicyclic amines) is 1. The maximum atomic E-state index is 12.9. The predicted octanol–water partition coefficient (Wildman–Crippen LogP) is 1.97. The van der Waals surface area contributed by atoms with Crippen molar-refractivity contribution in [1.29, 1.82) is 0 Å². The smallest absolute Gasteiger partial charge is 0.340 e. The van der Waals surface area contributed by atoms with Gasteiger partial charge in [0.05, 0.1) is 37.2 Å². The molecule has 0 spiro atoms. The first-order chi connectivity index (χ1) is 14.6. The van der Waals surface area contributed by atoms with Crippen molar-refractivity contribution in [2.75, 3.05) is 20.2 Å². The third-order valence-electron chi connectivity index (χ3n) is 5.86. The highest BCUT2D eigenvalue weighted by Gasteiger charge is 2.30. The summed E-state index contributed by atoms with van der Waals surface area (Å²) < 4.78 is 5.17. The zero-order chi connectivity index (χ0) is 21.1. The number of nitrogens with zero attached hydrogens (tertiary/aromatic N) is 1. The summed E-state index contributed by atoms with van der Waals surface area (Å²) in [5, 5.41) is 0.913. The fourth-order valence-electron chi connectivity index (χ4n) is 4.41. The van der Waals surface area contributed by atoms with Gasteiger partial charge in [0.25, 0.3) is 0 Å². The van der Waals surface area contributed by atoms with E-state index in [0.29, 0.717) is 24.3 Å². The number of fused-ring (bicyclic) bond motifs is 1. The quantitative estimate of drug-likeness (QED) is 0.637. The van der Waals surface area contributed by atoms with Crippen LogP contribution in [0.1, 0.15) is 28.9 Å². The summed E-state index contributed by atoms with van der Waals surface area (Å²) in [6.45, 7) is 2.11. The number of primary amides is 1. The van der Waals surface area contributed by atoms with Crippen molar-refractivity contribution in [3.8, 4) is 11.1 Å². The molecule has 1 unspecified atom stereocenters. The number of hydrogen-bond acceptors (Lipinski definition) is 4. The predicted molar refractivity (Wildman–Crippen MR) is 115 cm³/mol. The number of quaternary nitrogens is 1. The average molecular weight is 404 g/mol. The van der Waals surface area contributed by atoms with Gasteiger partial charge in [0.2, 0.25) is 5.91 Å². The average Bonchev–Trinajstić information content (AvgIpc) is 2.78. The molecule has 0 saturated carbocycles. The molecule has 4 rings (SSSR count). The van der Waals surface area contributed by atoms with E-state index in [9.17, 15) is 9.59 Å². The molecule has 0 bridgehead atoms. The maximum absolute atomic E-state index is 12.9. The van der Waals surface area contributed by atoms with Gasteiger partial charge in [-0.1, -0.05) is 48.5 Å². The van der Waals surface area contributed by atoms with E-state index in [1.165, 1.54) is 12.0 Å². The summed E-state index contributed by atoms with van der Waals surface area (Å²) in [5.41, 5.74) is 9.36. The van der Waals surface area contributed by atoms with Gasteiger partial charge >= 0.3 is 5.97 Å². The lowest BCUT2D eigenvalue weighted by atomic mass is 9.93. The van der Waals surface area contributed by atoms with Crippen LogP contribution in [0.15, 0.2) is 54.6 Å². The Morgan fingerprint density at radius 2 is 1.87 bits per heavy atom. The molecule has 3 aromatic rings. The van der Waals surface area contributed by atoms with Crippen LogP contribution < -0.4 is 10.6 Å². The van der Waals surface area contributed by atoms with Gasteiger partial charge in [-0.05, 0) is 24.5 Å². The SMILES string of the molecule is COC(=O)c1c(C[NH+]2CCC[C@@H](C(N)=O)C2)nc2ccccc2c1-c1ccccc1. The second kappa shape index (κ2) is 8.63. The van der Waals surface area contributed by atoms with Crippen LogP contribution in [0.2, 0.25) is 0 Å². The molecule has 0 radical (unpaired) electrons. The third kappa shape index (κ3) is 3.91. The minimum absolute atomic E-state index is 0.135. The molecule has 0 aliphatic carbocycles. The zero-order valence-corrected chi connectivity index (χ0v) is 17.1. The Morgan fingerprint density at radius 1 is 1.13 bits per heavy atom. The Hall–Kier alpha value is -3.25. The number of esters is 1. The number of aromatic nitrogens is 1. The van der Waals surface area contributed by atoms with Gasteiger partial charge in [0, 0.05) is 10.9 Å². The van der Waals surface area contributed by atoms with E-state index < -0.39 is 5.97 Å². The van der Waals surface area contributed by atoms with Crippen molar-refractivity contribution >= 4 is 22.8 Å². The number of carbonyl (C=O) groups excluding carboxylic acids is 2. The number of carbonyl (C=O) groups is 2. The molecule has 6 nitrogen and oxygen atoms in total. The molecular weight excluding hydrogens is 378 g/mol. The monoisotopic (exact) mass is 404 g/mol. The lowest BCUT2D eigenvalue weighted by molar-refractivity contribution is -0.921. The van der Waals surface area contributed by atoms with Crippen molar-refractivity contribution < 1.29 is 19.2 Å². The molecule has 2 aromatic carbocycles. The van der Waals surface area contributed by atoms with Crippen LogP contribution in [-0.4, -0.2) is 37.1 Å². The van der Waals surface area contributed by atoms with Gasteiger partial charge < -0.3 is 15.4 Å². The molecule has 3 N–H and O–H groups in total. The Kier molecular flexibility index (Phi) is 5.77. The molecule has 154 valence electrons. The maximum Gasteiger partial charge on any atom is 0.340 e. The number of nitrogens with two attached hydrogens (primary N) is 1. The van der Waals surface area contributed by atoms with E-state index in [2.05, 4.69) is 0 Å². The van der Waals surface area contributed by atoms with Crippen molar-refractivity contribution in [2.45, 2.75) is 19.4 Å². The standard InChI is InChI=1S/C24H25N3O3/c1-30-24(29)22-20(15-27-13-7-10-17(14-27)23(25)28)26-19-12-6-5-11-18(19)21(22)16-8-3-2-4-9-16/h2-6,8-9,11-12,17H,7,10,13-15H2,1H3,(H2,25,28)/p+1/t17-/m1/s1. The first-order valence-corrected chi connectivity index (χ1v) is 10.3. The number of piperidine rings is 1. The van der Waals surface area contributed by atoms with E-state index in [1.54, 1.807) is 0 Å². The van der Waals surface area contributed by atoms with Gasteiger partial charge in [-0.25, -0.2) is 9.78 Å². The molecule has 1 aliphatic rings. The summed E-state index contributed by atoms with van der Waals surface area (Å²) in [5.74, 6) is -0.786. The van der Waals surface area contributed by atoms with Gasteiger partial charge in [0.15, 0.2) is 0 Å².